The van der Waals surface area contributed by atoms with E-state index in [1.807, 2.05) is 32.9 Å². The lowest BCUT2D eigenvalue weighted by atomic mass is 9.93. The maximum absolute atomic E-state index is 12.6. The van der Waals surface area contributed by atoms with Crippen LogP contribution in [0.25, 0.3) is 0 Å². The van der Waals surface area contributed by atoms with Crippen molar-refractivity contribution >= 4 is 28.0 Å². The van der Waals surface area contributed by atoms with Crippen LogP contribution in [-0.2, 0) is 14.8 Å². The number of methoxy groups -OCH3 is 1. The molecule has 2 rings (SSSR count). The van der Waals surface area contributed by atoms with Crippen LogP contribution in [0, 0.1) is 0 Å². The number of piperidine rings is 1. The summed E-state index contributed by atoms with van der Waals surface area (Å²) in [6.07, 6.45) is 2.64. The number of nitrogens with zero attached hydrogens (tertiary/aromatic N) is 1. The van der Waals surface area contributed by atoms with Gasteiger partial charge >= 0.3 is 12.1 Å². The van der Waals surface area contributed by atoms with Gasteiger partial charge in [0.2, 0.25) is 0 Å². The van der Waals surface area contributed by atoms with Gasteiger partial charge in [-0.3, -0.25) is 0 Å². The van der Waals surface area contributed by atoms with Gasteiger partial charge in [-0.2, -0.15) is 0 Å². The van der Waals surface area contributed by atoms with Gasteiger partial charge < -0.3 is 14.4 Å². The molecule has 1 aromatic rings. The summed E-state index contributed by atoms with van der Waals surface area (Å²) in [7, 11) is 1.37. The molecule has 6 heteroatoms. The number of hydrogen-bond donors (Lipinski definition) is 0. The van der Waals surface area contributed by atoms with Crippen molar-refractivity contribution in [1.29, 1.82) is 0 Å². The summed E-state index contributed by atoms with van der Waals surface area (Å²) >= 11 is 3.43. The highest BCUT2D eigenvalue weighted by molar-refractivity contribution is 9.08. The molecule has 0 radical (unpaired) electrons. The Kier molecular flexibility index (Phi) is 6.49. The van der Waals surface area contributed by atoms with E-state index < -0.39 is 5.60 Å². The summed E-state index contributed by atoms with van der Waals surface area (Å²) in [6.45, 7) is 6.30. The number of hydrogen-bond acceptors (Lipinski definition) is 4. The van der Waals surface area contributed by atoms with Gasteiger partial charge in [0.15, 0.2) is 0 Å². The van der Waals surface area contributed by atoms with E-state index in [2.05, 4.69) is 15.9 Å². The smallest absolute Gasteiger partial charge is 0.410 e. The fraction of sp³-hybridized carbons (Fsp3) is 0.579. The number of likely N-dealkylation sites (tertiary alicyclic amines) is 1. The number of carbonyl (C=O) groups excluding carboxylic acids is 2. The molecule has 1 aromatic carbocycles. The van der Waals surface area contributed by atoms with Crippen molar-refractivity contribution in [2.45, 2.75) is 57.0 Å². The first-order valence-electron chi connectivity index (χ1n) is 8.53. The third kappa shape index (κ3) is 4.97. The van der Waals surface area contributed by atoms with E-state index in [0.29, 0.717) is 17.4 Å². The summed E-state index contributed by atoms with van der Waals surface area (Å²) in [5.74, 6) is -0.353. The molecule has 1 atom stereocenters. The SMILES string of the molecule is COC(=O)c1ccc(C2CCCCN2C(=O)OC(C)(C)C)cc1CBr. The Morgan fingerprint density at radius 1 is 1.28 bits per heavy atom. The Hall–Kier alpha value is -1.56. The molecule has 138 valence electrons. The van der Waals surface area contributed by atoms with Gasteiger partial charge in [0.25, 0.3) is 0 Å². The zero-order valence-corrected chi connectivity index (χ0v) is 16.9. The normalized spacial score (nSPS) is 18.0. The van der Waals surface area contributed by atoms with E-state index in [-0.39, 0.29) is 18.1 Å². The molecular weight excluding hydrogens is 386 g/mol. The fourth-order valence-electron chi connectivity index (χ4n) is 3.06. The maximum atomic E-state index is 12.6. The minimum absolute atomic E-state index is 0.0342. The number of esters is 1. The molecule has 0 aromatic heterocycles. The first-order chi connectivity index (χ1) is 11.8. The van der Waals surface area contributed by atoms with Crippen LogP contribution >= 0.6 is 15.9 Å². The molecule has 1 aliphatic heterocycles. The van der Waals surface area contributed by atoms with Crippen molar-refractivity contribution in [2.75, 3.05) is 13.7 Å². The number of rotatable bonds is 3. The Labute approximate surface area is 157 Å². The summed E-state index contributed by atoms with van der Waals surface area (Å²) in [5, 5.41) is 0.546. The highest BCUT2D eigenvalue weighted by Gasteiger charge is 2.31. The molecule has 1 aliphatic rings. The molecule has 5 nitrogen and oxygen atoms in total. The minimum Gasteiger partial charge on any atom is -0.465 e. The predicted octanol–water partition coefficient (Wildman–Crippen LogP) is 4.83. The van der Waals surface area contributed by atoms with Gasteiger partial charge in [-0.1, -0.05) is 28.1 Å². The zero-order valence-electron chi connectivity index (χ0n) is 15.3. The first-order valence-corrected chi connectivity index (χ1v) is 9.65. The van der Waals surface area contributed by atoms with Crippen molar-refractivity contribution in [3.05, 3.63) is 34.9 Å². The topological polar surface area (TPSA) is 55.8 Å². The van der Waals surface area contributed by atoms with Crippen LogP contribution in [0.15, 0.2) is 18.2 Å². The standard InChI is InChI=1S/C19H26BrNO4/c1-19(2,3)25-18(23)21-10-6-5-7-16(21)13-8-9-15(17(22)24-4)14(11-13)12-20/h8-9,11,16H,5-7,10,12H2,1-4H3. The van der Waals surface area contributed by atoms with Gasteiger partial charge in [0.1, 0.15) is 5.60 Å². The molecule has 0 spiro atoms. The Balaban J connectivity index is 2.30. The van der Waals surface area contributed by atoms with Crippen LogP contribution in [0.1, 0.15) is 67.6 Å². The van der Waals surface area contributed by atoms with Crippen molar-refractivity contribution in [1.82, 2.24) is 4.90 Å². The predicted molar refractivity (Wildman–Crippen MR) is 99.9 cm³/mol. The van der Waals surface area contributed by atoms with Crippen LogP contribution in [-0.4, -0.2) is 36.2 Å². The molecule has 25 heavy (non-hydrogen) atoms. The molecule has 0 N–H and O–H groups in total. The average Bonchev–Trinajstić information content (AvgIpc) is 2.59. The molecule has 0 bridgehead atoms. The molecule has 1 amide bonds. The number of alkyl halides is 1. The lowest BCUT2D eigenvalue weighted by Crippen LogP contribution is -2.41. The van der Waals surface area contributed by atoms with Crippen LogP contribution in [0.2, 0.25) is 0 Å². The second-order valence-electron chi connectivity index (χ2n) is 7.23. The van der Waals surface area contributed by atoms with Crippen LogP contribution in [0.5, 0.6) is 0 Å². The second kappa shape index (κ2) is 8.21. The number of carbonyl (C=O) groups is 2. The number of amides is 1. The Morgan fingerprint density at radius 3 is 2.60 bits per heavy atom. The number of benzene rings is 1. The first kappa shape index (κ1) is 19.8. The zero-order chi connectivity index (χ0) is 18.6. The summed E-state index contributed by atoms with van der Waals surface area (Å²) in [5.41, 5.74) is 1.91. The summed E-state index contributed by atoms with van der Waals surface area (Å²) in [4.78, 5) is 26.3. The van der Waals surface area contributed by atoms with Crippen molar-refractivity contribution in [3.8, 4) is 0 Å². The van der Waals surface area contributed by atoms with Crippen LogP contribution in [0.3, 0.4) is 0 Å². The second-order valence-corrected chi connectivity index (χ2v) is 7.79. The quantitative estimate of drug-likeness (QED) is 0.527. The van der Waals surface area contributed by atoms with Gasteiger partial charge in [0, 0.05) is 11.9 Å². The largest absolute Gasteiger partial charge is 0.465 e. The van der Waals surface area contributed by atoms with Gasteiger partial charge in [0.05, 0.1) is 18.7 Å². The van der Waals surface area contributed by atoms with E-state index in [4.69, 9.17) is 9.47 Å². The summed E-state index contributed by atoms with van der Waals surface area (Å²) < 4.78 is 10.4. The lowest BCUT2D eigenvalue weighted by molar-refractivity contribution is 0.00947. The van der Waals surface area contributed by atoms with Crippen LogP contribution < -0.4 is 0 Å². The van der Waals surface area contributed by atoms with E-state index in [1.165, 1.54) is 7.11 Å². The third-order valence-corrected chi connectivity index (χ3v) is 4.80. The van der Waals surface area contributed by atoms with Gasteiger partial charge in [-0.15, -0.1) is 0 Å². The van der Waals surface area contributed by atoms with E-state index in [9.17, 15) is 9.59 Å². The minimum atomic E-state index is -0.519. The van der Waals surface area contributed by atoms with Crippen molar-refractivity contribution < 1.29 is 19.1 Å². The number of ether oxygens (including phenoxy) is 2. The highest BCUT2D eigenvalue weighted by Crippen LogP contribution is 2.33. The van der Waals surface area contributed by atoms with Gasteiger partial charge in [-0.05, 0) is 57.2 Å². The monoisotopic (exact) mass is 411 g/mol. The number of halogens is 1. The molecule has 1 heterocycles. The van der Waals surface area contributed by atoms with Gasteiger partial charge in [-0.25, -0.2) is 9.59 Å². The van der Waals surface area contributed by atoms with Crippen LogP contribution in [0.4, 0.5) is 4.79 Å². The Bertz CT molecular complexity index is 639. The molecule has 0 aliphatic carbocycles. The van der Waals surface area contributed by atoms with E-state index in [1.54, 1.807) is 11.0 Å². The molecule has 1 saturated heterocycles. The third-order valence-electron chi connectivity index (χ3n) is 4.19. The van der Waals surface area contributed by atoms with E-state index in [0.717, 1.165) is 30.4 Å². The van der Waals surface area contributed by atoms with E-state index >= 15 is 0 Å². The molecule has 0 saturated carbocycles. The molecule has 1 fully saturated rings. The summed E-state index contributed by atoms with van der Waals surface area (Å²) in [6, 6.07) is 5.63. The fourth-order valence-corrected chi connectivity index (χ4v) is 3.52. The lowest BCUT2D eigenvalue weighted by Gasteiger charge is -2.37. The average molecular weight is 412 g/mol. The maximum Gasteiger partial charge on any atom is 0.410 e. The van der Waals surface area contributed by atoms with Crippen molar-refractivity contribution in [2.24, 2.45) is 0 Å². The highest BCUT2D eigenvalue weighted by atomic mass is 79.9. The van der Waals surface area contributed by atoms with Crippen molar-refractivity contribution in [3.63, 3.8) is 0 Å². The Morgan fingerprint density at radius 2 is 2.00 bits per heavy atom. The molecular formula is C19H26BrNO4. The molecule has 1 unspecified atom stereocenters.